The molecule has 128 valence electrons. The molecule has 3 N–H and O–H groups in total. The van der Waals surface area contributed by atoms with E-state index >= 15 is 0 Å². The van der Waals surface area contributed by atoms with Crippen LogP contribution >= 0.6 is 0 Å². The second kappa shape index (κ2) is 7.78. The molecule has 1 heterocycles. The highest BCUT2D eigenvalue weighted by molar-refractivity contribution is 6.04. The SMILES string of the molecule is O=C(Nc1ccc(NCCCO)nc1)c1ccc(C(F)(F)F)cc1. The normalized spacial score (nSPS) is 11.2. The lowest BCUT2D eigenvalue weighted by atomic mass is 10.1. The third kappa shape index (κ3) is 4.95. The van der Waals surface area contributed by atoms with E-state index in [1.807, 2.05) is 0 Å². The molecule has 0 fully saturated rings. The van der Waals surface area contributed by atoms with Gasteiger partial charge >= 0.3 is 6.18 Å². The maximum atomic E-state index is 12.5. The summed E-state index contributed by atoms with van der Waals surface area (Å²) in [7, 11) is 0. The molecule has 1 amide bonds. The van der Waals surface area contributed by atoms with Gasteiger partial charge in [0.2, 0.25) is 0 Å². The molecule has 0 radical (unpaired) electrons. The van der Waals surface area contributed by atoms with Crippen molar-refractivity contribution in [3.05, 3.63) is 53.7 Å². The summed E-state index contributed by atoms with van der Waals surface area (Å²) in [6.45, 7) is 0.648. The number of aromatic nitrogens is 1. The van der Waals surface area contributed by atoms with Crippen LogP contribution in [0.5, 0.6) is 0 Å². The lowest BCUT2D eigenvalue weighted by Crippen LogP contribution is -2.13. The van der Waals surface area contributed by atoms with Crippen LogP contribution in [-0.4, -0.2) is 29.1 Å². The second-order valence-electron chi connectivity index (χ2n) is 4.97. The number of anilines is 2. The van der Waals surface area contributed by atoms with Gasteiger partial charge in [-0.1, -0.05) is 0 Å². The van der Waals surface area contributed by atoms with Crippen molar-refractivity contribution in [2.75, 3.05) is 23.8 Å². The van der Waals surface area contributed by atoms with E-state index in [2.05, 4.69) is 15.6 Å². The van der Waals surface area contributed by atoms with Gasteiger partial charge in [-0.3, -0.25) is 4.79 Å². The molecule has 0 spiro atoms. The topological polar surface area (TPSA) is 74.2 Å². The molecule has 5 nitrogen and oxygen atoms in total. The van der Waals surface area contributed by atoms with Gasteiger partial charge in [-0.2, -0.15) is 13.2 Å². The summed E-state index contributed by atoms with van der Waals surface area (Å²) in [5.41, 5.74) is -0.264. The van der Waals surface area contributed by atoms with Gasteiger partial charge in [0.15, 0.2) is 0 Å². The average molecular weight is 339 g/mol. The van der Waals surface area contributed by atoms with Crippen LogP contribution in [0.25, 0.3) is 0 Å². The summed E-state index contributed by atoms with van der Waals surface area (Å²) in [6.07, 6.45) is -2.41. The van der Waals surface area contributed by atoms with Crippen molar-refractivity contribution in [1.29, 1.82) is 0 Å². The zero-order valence-corrected chi connectivity index (χ0v) is 12.6. The average Bonchev–Trinajstić information content (AvgIpc) is 2.56. The highest BCUT2D eigenvalue weighted by Crippen LogP contribution is 2.29. The maximum Gasteiger partial charge on any atom is 0.416 e. The monoisotopic (exact) mass is 339 g/mol. The molecule has 0 bridgehead atoms. The zero-order valence-electron chi connectivity index (χ0n) is 12.6. The molecule has 0 aliphatic rings. The van der Waals surface area contributed by atoms with E-state index in [1.54, 1.807) is 12.1 Å². The minimum Gasteiger partial charge on any atom is -0.396 e. The fourth-order valence-corrected chi connectivity index (χ4v) is 1.88. The van der Waals surface area contributed by atoms with Gasteiger partial charge in [-0.25, -0.2) is 4.98 Å². The van der Waals surface area contributed by atoms with Crippen molar-refractivity contribution >= 4 is 17.4 Å². The first kappa shape index (κ1) is 17.7. The van der Waals surface area contributed by atoms with Crippen molar-refractivity contribution in [2.45, 2.75) is 12.6 Å². The Hall–Kier alpha value is -2.61. The molecule has 0 atom stereocenters. The fraction of sp³-hybridized carbons (Fsp3) is 0.250. The van der Waals surface area contributed by atoms with Crippen LogP contribution in [0.4, 0.5) is 24.7 Å². The van der Waals surface area contributed by atoms with E-state index in [0.29, 0.717) is 24.5 Å². The van der Waals surface area contributed by atoms with Crippen molar-refractivity contribution in [3.8, 4) is 0 Å². The van der Waals surface area contributed by atoms with Gasteiger partial charge in [0.1, 0.15) is 5.82 Å². The number of benzene rings is 1. The number of hydrogen-bond donors (Lipinski definition) is 3. The highest BCUT2D eigenvalue weighted by Gasteiger charge is 2.30. The third-order valence-electron chi connectivity index (χ3n) is 3.14. The van der Waals surface area contributed by atoms with Gasteiger partial charge < -0.3 is 15.7 Å². The number of carbonyl (C=O) groups excluding carboxylic acids is 1. The minimum atomic E-state index is -4.43. The first-order valence-electron chi connectivity index (χ1n) is 7.19. The van der Waals surface area contributed by atoms with E-state index in [-0.39, 0.29) is 12.2 Å². The quantitative estimate of drug-likeness (QED) is 0.707. The lowest BCUT2D eigenvalue weighted by molar-refractivity contribution is -0.137. The Balaban J connectivity index is 1.96. The van der Waals surface area contributed by atoms with Crippen molar-refractivity contribution in [3.63, 3.8) is 0 Å². The number of amides is 1. The molecule has 0 saturated heterocycles. The Morgan fingerprint density at radius 2 is 1.83 bits per heavy atom. The van der Waals surface area contributed by atoms with Gasteiger partial charge in [0.25, 0.3) is 5.91 Å². The standard InChI is InChI=1S/C16H16F3N3O2/c17-16(18,19)12-4-2-11(3-5-12)15(24)22-13-6-7-14(21-10-13)20-8-1-9-23/h2-7,10,23H,1,8-9H2,(H,20,21)(H,22,24). The van der Waals surface area contributed by atoms with Gasteiger partial charge in [-0.05, 0) is 42.8 Å². The molecule has 24 heavy (non-hydrogen) atoms. The maximum absolute atomic E-state index is 12.5. The second-order valence-corrected chi connectivity index (χ2v) is 4.97. The smallest absolute Gasteiger partial charge is 0.396 e. The van der Waals surface area contributed by atoms with E-state index in [4.69, 9.17) is 5.11 Å². The number of aliphatic hydroxyl groups is 1. The Bertz CT molecular complexity index is 670. The molecule has 2 rings (SSSR count). The highest BCUT2D eigenvalue weighted by atomic mass is 19.4. The molecular formula is C16H16F3N3O2. The Labute approximate surface area is 136 Å². The molecule has 2 aromatic rings. The number of pyridine rings is 1. The Kier molecular flexibility index (Phi) is 5.75. The number of nitrogens with zero attached hydrogens (tertiary/aromatic N) is 1. The van der Waals surface area contributed by atoms with E-state index in [1.165, 1.54) is 6.20 Å². The summed E-state index contributed by atoms with van der Waals surface area (Å²) < 4.78 is 37.5. The van der Waals surface area contributed by atoms with Crippen LogP contribution in [0.1, 0.15) is 22.3 Å². The third-order valence-corrected chi connectivity index (χ3v) is 3.14. The summed E-state index contributed by atoms with van der Waals surface area (Å²) in [6, 6.07) is 7.24. The lowest BCUT2D eigenvalue weighted by Gasteiger charge is -2.09. The summed E-state index contributed by atoms with van der Waals surface area (Å²) in [5, 5.41) is 14.2. The number of alkyl halides is 3. The molecule has 0 aliphatic heterocycles. The molecule has 0 saturated carbocycles. The van der Waals surface area contributed by atoms with Crippen molar-refractivity contribution < 1.29 is 23.1 Å². The van der Waals surface area contributed by atoms with E-state index < -0.39 is 17.6 Å². The number of nitrogens with one attached hydrogen (secondary N) is 2. The van der Waals surface area contributed by atoms with Crippen LogP contribution < -0.4 is 10.6 Å². The number of aliphatic hydroxyl groups excluding tert-OH is 1. The first-order valence-corrected chi connectivity index (χ1v) is 7.19. The van der Waals surface area contributed by atoms with Gasteiger partial charge in [0, 0.05) is 18.7 Å². The molecular weight excluding hydrogens is 323 g/mol. The van der Waals surface area contributed by atoms with Crippen LogP contribution in [0, 0.1) is 0 Å². The van der Waals surface area contributed by atoms with Crippen LogP contribution in [0.3, 0.4) is 0 Å². The number of rotatable bonds is 6. The van der Waals surface area contributed by atoms with Crippen molar-refractivity contribution in [1.82, 2.24) is 4.98 Å². The number of carbonyl (C=O) groups is 1. The van der Waals surface area contributed by atoms with E-state index in [0.717, 1.165) is 24.3 Å². The van der Waals surface area contributed by atoms with E-state index in [9.17, 15) is 18.0 Å². The van der Waals surface area contributed by atoms with Gasteiger partial charge in [0.05, 0.1) is 17.4 Å². The predicted octanol–water partition coefficient (Wildman–Crippen LogP) is 3.15. The Morgan fingerprint density at radius 3 is 2.38 bits per heavy atom. The minimum absolute atomic E-state index is 0.0776. The first-order chi connectivity index (χ1) is 11.4. The molecule has 8 heteroatoms. The van der Waals surface area contributed by atoms with Crippen LogP contribution in [0.15, 0.2) is 42.6 Å². The zero-order chi connectivity index (χ0) is 17.6. The summed E-state index contributed by atoms with van der Waals surface area (Å²) >= 11 is 0. The Morgan fingerprint density at radius 1 is 1.12 bits per heavy atom. The van der Waals surface area contributed by atoms with Crippen molar-refractivity contribution in [2.24, 2.45) is 0 Å². The molecule has 1 aromatic carbocycles. The molecule has 0 aliphatic carbocycles. The van der Waals surface area contributed by atoms with Crippen LogP contribution in [-0.2, 0) is 6.18 Å². The van der Waals surface area contributed by atoms with Crippen LogP contribution in [0.2, 0.25) is 0 Å². The largest absolute Gasteiger partial charge is 0.416 e. The molecule has 0 unspecified atom stereocenters. The van der Waals surface area contributed by atoms with Gasteiger partial charge in [-0.15, -0.1) is 0 Å². The summed E-state index contributed by atoms with van der Waals surface area (Å²) in [4.78, 5) is 16.1. The summed E-state index contributed by atoms with van der Waals surface area (Å²) in [5.74, 6) is 0.0718. The number of halogens is 3. The number of hydrogen-bond acceptors (Lipinski definition) is 4. The molecule has 1 aromatic heterocycles. The fourth-order valence-electron chi connectivity index (χ4n) is 1.88. The predicted molar refractivity (Wildman–Crippen MR) is 83.8 cm³/mol.